The Morgan fingerprint density at radius 3 is 2.11 bits per heavy atom. The third-order valence-corrected chi connectivity index (χ3v) is 3.61. The number of carboxylic acid groups (broad SMARTS) is 1. The summed E-state index contributed by atoms with van der Waals surface area (Å²) in [6.45, 7) is 18.3. The summed E-state index contributed by atoms with van der Waals surface area (Å²) in [6, 6.07) is 2.02. The number of fused-ring (bicyclic) bond motifs is 1. The minimum atomic E-state index is -0.484. The highest BCUT2D eigenvalue weighted by atomic mass is 16.6. The average Bonchev–Trinajstić information content (AvgIpc) is 2.62. The Hall–Kier alpha value is -2.24. The zero-order valence-electron chi connectivity index (χ0n) is 18.3. The van der Waals surface area contributed by atoms with E-state index in [2.05, 4.69) is 0 Å². The lowest BCUT2D eigenvalue weighted by molar-refractivity contribution is -0.122. The Morgan fingerprint density at radius 2 is 1.67 bits per heavy atom. The number of carbonyl (C=O) groups excluding carboxylic acids is 1. The SMILES string of the molecule is CC.CC.Cc1cc2c(c(C)c1O)CN(C(=O)OC(C)(C)C)CC2.O=CO. The molecule has 0 saturated carbocycles. The highest BCUT2D eigenvalue weighted by Gasteiger charge is 2.27. The van der Waals surface area contributed by atoms with E-state index in [1.165, 1.54) is 5.56 Å². The molecule has 0 radical (unpaired) electrons. The van der Waals surface area contributed by atoms with Crippen molar-refractivity contribution in [3.63, 3.8) is 0 Å². The van der Waals surface area contributed by atoms with Gasteiger partial charge in [-0.3, -0.25) is 4.79 Å². The maximum atomic E-state index is 12.1. The van der Waals surface area contributed by atoms with Gasteiger partial charge in [-0.25, -0.2) is 4.79 Å². The van der Waals surface area contributed by atoms with Crippen molar-refractivity contribution < 1.29 is 24.5 Å². The van der Waals surface area contributed by atoms with Crippen molar-refractivity contribution in [3.05, 3.63) is 28.3 Å². The Bertz CT molecular complexity index is 591. The number of phenolic OH excluding ortho intramolecular Hbond substituents is 1. The summed E-state index contributed by atoms with van der Waals surface area (Å²) in [5.74, 6) is 0.329. The summed E-state index contributed by atoms with van der Waals surface area (Å²) >= 11 is 0. The summed E-state index contributed by atoms with van der Waals surface area (Å²) in [5, 5.41) is 16.9. The van der Waals surface area contributed by atoms with E-state index in [0.717, 1.165) is 23.1 Å². The first kappa shape index (κ1) is 27.0. The summed E-state index contributed by atoms with van der Waals surface area (Å²) < 4.78 is 5.41. The fourth-order valence-corrected chi connectivity index (χ4v) is 2.55. The summed E-state index contributed by atoms with van der Waals surface area (Å²) in [5.41, 5.74) is 3.55. The summed E-state index contributed by atoms with van der Waals surface area (Å²) in [4.78, 5) is 22.2. The monoisotopic (exact) mass is 383 g/mol. The number of phenols is 1. The highest BCUT2D eigenvalue weighted by Crippen LogP contribution is 2.32. The normalized spacial score (nSPS) is 12.0. The molecule has 0 spiro atoms. The van der Waals surface area contributed by atoms with Crippen LogP contribution >= 0.6 is 0 Å². The minimum Gasteiger partial charge on any atom is -0.507 e. The molecule has 1 aromatic carbocycles. The molecule has 2 rings (SSSR count). The van der Waals surface area contributed by atoms with Gasteiger partial charge in [-0.1, -0.05) is 33.8 Å². The Kier molecular flexibility index (Phi) is 13.0. The maximum Gasteiger partial charge on any atom is 0.410 e. The molecule has 0 aromatic heterocycles. The zero-order valence-corrected chi connectivity index (χ0v) is 18.3. The molecule has 156 valence electrons. The van der Waals surface area contributed by atoms with Crippen molar-refractivity contribution in [2.24, 2.45) is 0 Å². The van der Waals surface area contributed by atoms with Crippen LogP contribution in [-0.4, -0.2) is 39.8 Å². The molecule has 27 heavy (non-hydrogen) atoms. The van der Waals surface area contributed by atoms with Gasteiger partial charge in [0.05, 0.1) is 0 Å². The van der Waals surface area contributed by atoms with Gasteiger partial charge in [0.25, 0.3) is 6.47 Å². The van der Waals surface area contributed by atoms with Crippen LogP contribution in [-0.2, 0) is 22.5 Å². The van der Waals surface area contributed by atoms with Crippen molar-refractivity contribution in [1.29, 1.82) is 0 Å². The van der Waals surface area contributed by atoms with Gasteiger partial charge in [-0.15, -0.1) is 0 Å². The molecule has 0 aliphatic carbocycles. The molecule has 1 heterocycles. The number of nitrogens with zero attached hydrogens (tertiary/aromatic N) is 1. The molecule has 0 bridgehead atoms. The smallest absolute Gasteiger partial charge is 0.410 e. The van der Waals surface area contributed by atoms with E-state index < -0.39 is 5.60 Å². The van der Waals surface area contributed by atoms with Crippen LogP contribution in [0.15, 0.2) is 6.07 Å². The van der Waals surface area contributed by atoms with E-state index in [4.69, 9.17) is 14.6 Å². The van der Waals surface area contributed by atoms with Crippen LogP contribution in [0.5, 0.6) is 5.75 Å². The van der Waals surface area contributed by atoms with Crippen LogP contribution in [0.2, 0.25) is 0 Å². The lowest BCUT2D eigenvalue weighted by Crippen LogP contribution is -2.40. The minimum absolute atomic E-state index is 0.250. The lowest BCUT2D eigenvalue weighted by atomic mass is 9.92. The second-order valence-electron chi connectivity index (χ2n) is 6.56. The highest BCUT2D eigenvalue weighted by molar-refractivity contribution is 5.69. The molecule has 0 unspecified atom stereocenters. The van der Waals surface area contributed by atoms with Crippen molar-refractivity contribution >= 4 is 12.6 Å². The van der Waals surface area contributed by atoms with Crippen LogP contribution in [0.25, 0.3) is 0 Å². The third kappa shape index (κ3) is 8.80. The quantitative estimate of drug-likeness (QED) is 0.612. The van der Waals surface area contributed by atoms with Gasteiger partial charge >= 0.3 is 6.09 Å². The molecule has 0 atom stereocenters. The third-order valence-electron chi connectivity index (χ3n) is 3.61. The van der Waals surface area contributed by atoms with Gasteiger partial charge in [-0.05, 0) is 63.3 Å². The molecule has 2 N–H and O–H groups in total. The van der Waals surface area contributed by atoms with Gasteiger partial charge in [0, 0.05) is 13.1 Å². The van der Waals surface area contributed by atoms with E-state index in [1.807, 2.05) is 68.4 Å². The number of rotatable bonds is 0. The van der Waals surface area contributed by atoms with Gasteiger partial charge in [0.2, 0.25) is 0 Å². The largest absolute Gasteiger partial charge is 0.507 e. The molecule has 6 nitrogen and oxygen atoms in total. The van der Waals surface area contributed by atoms with Crippen LogP contribution < -0.4 is 0 Å². The first-order chi connectivity index (χ1) is 12.6. The van der Waals surface area contributed by atoms with Gasteiger partial charge in [0.1, 0.15) is 11.4 Å². The Morgan fingerprint density at radius 1 is 1.19 bits per heavy atom. The molecule has 0 saturated heterocycles. The number of carbonyl (C=O) groups is 2. The molecular weight excluding hydrogens is 346 g/mol. The van der Waals surface area contributed by atoms with E-state index in [0.29, 0.717) is 18.8 Å². The van der Waals surface area contributed by atoms with Crippen LogP contribution in [0.1, 0.15) is 70.7 Å². The van der Waals surface area contributed by atoms with E-state index in [1.54, 1.807) is 4.90 Å². The second kappa shape index (κ2) is 13.0. The first-order valence-electron chi connectivity index (χ1n) is 9.47. The first-order valence-corrected chi connectivity index (χ1v) is 9.47. The van der Waals surface area contributed by atoms with Crippen molar-refractivity contribution in [3.8, 4) is 5.75 Å². The number of hydrogen-bond donors (Lipinski definition) is 2. The fourth-order valence-electron chi connectivity index (χ4n) is 2.55. The number of ether oxygens (including phenoxy) is 1. The van der Waals surface area contributed by atoms with Crippen molar-refractivity contribution in [2.75, 3.05) is 6.54 Å². The summed E-state index contributed by atoms with van der Waals surface area (Å²) in [6.07, 6.45) is 0.513. The molecular formula is C21H37NO5. The zero-order chi connectivity index (χ0) is 21.8. The lowest BCUT2D eigenvalue weighted by Gasteiger charge is -2.32. The van der Waals surface area contributed by atoms with Gasteiger partial charge in [-0.2, -0.15) is 0 Å². The second-order valence-corrected chi connectivity index (χ2v) is 6.56. The Labute approximate surface area is 164 Å². The average molecular weight is 384 g/mol. The number of benzene rings is 1. The van der Waals surface area contributed by atoms with Crippen LogP contribution in [0.3, 0.4) is 0 Å². The molecule has 1 aromatic rings. The number of amides is 1. The number of aryl methyl sites for hydroxylation is 1. The molecule has 6 heteroatoms. The Balaban J connectivity index is 0. The number of aromatic hydroxyl groups is 1. The predicted octanol–water partition coefficient (Wildman–Crippen LogP) is 5.06. The van der Waals surface area contributed by atoms with Crippen molar-refractivity contribution in [2.45, 2.75) is 80.9 Å². The fraction of sp³-hybridized carbons (Fsp3) is 0.619. The van der Waals surface area contributed by atoms with E-state index in [9.17, 15) is 9.90 Å². The molecule has 1 amide bonds. The van der Waals surface area contributed by atoms with Gasteiger partial charge < -0.3 is 19.8 Å². The van der Waals surface area contributed by atoms with E-state index >= 15 is 0 Å². The standard InChI is InChI=1S/C16H23NO3.2C2H6.CH2O2/c1-10-8-12-6-7-17(15(19)20-16(3,4)5)9-13(12)11(2)14(10)18;2*1-2;2-1-3/h8,18H,6-7,9H2,1-5H3;2*1-2H3;1H,(H,2,3). The summed E-state index contributed by atoms with van der Waals surface area (Å²) in [7, 11) is 0. The van der Waals surface area contributed by atoms with Crippen molar-refractivity contribution in [1.82, 2.24) is 4.90 Å². The van der Waals surface area contributed by atoms with Gasteiger partial charge in [0.15, 0.2) is 0 Å². The predicted molar refractivity (Wildman–Crippen MR) is 109 cm³/mol. The molecule has 1 aliphatic heterocycles. The topological polar surface area (TPSA) is 87.1 Å². The number of hydrogen-bond acceptors (Lipinski definition) is 4. The molecule has 1 aliphatic rings. The van der Waals surface area contributed by atoms with Crippen LogP contribution in [0, 0.1) is 13.8 Å². The molecule has 0 fully saturated rings. The van der Waals surface area contributed by atoms with E-state index in [-0.39, 0.29) is 12.6 Å². The van der Waals surface area contributed by atoms with Crippen LogP contribution in [0.4, 0.5) is 4.79 Å². The maximum absolute atomic E-state index is 12.1.